The van der Waals surface area contributed by atoms with Crippen LogP contribution in [0.1, 0.15) is 69.4 Å². The molecule has 0 aliphatic heterocycles. The minimum atomic E-state index is -0.159. The number of hydrogen-bond acceptors (Lipinski definition) is 5. The largest absolute Gasteiger partial charge is 0.393 e. The van der Waals surface area contributed by atoms with Crippen molar-refractivity contribution in [1.29, 1.82) is 0 Å². The third-order valence-corrected chi connectivity index (χ3v) is 7.44. The number of anilines is 1. The van der Waals surface area contributed by atoms with Gasteiger partial charge in [-0.15, -0.1) is 0 Å². The van der Waals surface area contributed by atoms with Gasteiger partial charge in [0.25, 0.3) is 0 Å². The van der Waals surface area contributed by atoms with Gasteiger partial charge in [0.2, 0.25) is 5.91 Å². The predicted molar refractivity (Wildman–Crippen MR) is 128 cm³/mol. The van der Waals surface area contributed by atoms with E-state index in [2.05, 4.69) is 57.3 Å². The van der Waals surface area contributed by atoms with E-state index in [1.807, 2.05) is 0 Å². The van der Waals surface area contributed by atoms with Crippen LogP contribution in [-0.4, -0.2) is 64.3 Å². The third-order valence-electron chi connectivity index (χ3n) is 6.99. The van der Waals surface area contributed by atoms with Crippen LogP contribution in [0.3, 0.4) is 0 Å². The smallest absolute Gasteiger partial charge is 0.221 e. The molecule has 1 aromatic carbocycles. The first kappa shape index (κ1) is 24.6. The summed E-state index contributed by atoms with van der Waals surface area (Å²) in [6.45, 7) is 3.07. The van der Waals surface area contributed by atoms with E-state index in [1.54, 1.807) is 6.92 Å². The number of hydrogen-bond donors (Lipinski definition) is 3. The molecule has 0 unspecified atom stereocenters. The first-order valence-corrected chi connectivity index (χ1v) is 12.4. The summed E-state index contributed by atoms with van der Waals surface area (Å²) in [5.41, 5.74) is 3.14. The molecule has 0 radical (unpaired) electrons. The predicted octanol–water partition coefficient (Wildman–Crippen LogP) is 3.88. The Bertz CT molecular complexity index is 693. The number of benzene rings is 1. The monoisotopic (exact) mass is 495 g/mol. The molecule has 0 heterocycles. The van der Waals surface area contributed by atoms with Gasteiger partial charge >= 0.3 is 0 Å². The second kappa shape index (κ2) is 11.2. The van der Waals surface area contributed by atoms with Crippen molar-refractivity contribution in [1.82, 2.24) is 9.80 Å². The molecule has 2 aliphatic carbocycles. The lowest BCUT2D eigenvalue weighted by molar-refractivity contribution is -0.114. The van der Waals surface area contributed by atoms with Gasteiger partial charge in [0, 0.05) is 42.3 Å². The maximum atomic E-state index is 12.0. The van der Waals surface area contributed by atoms with Crippen molar-refractivity contribution in [3.05, 3.63) is 27.7 Å². The maximum Gasteiger partial charge on any atom is 0.221 e. The van der Waals surface area contributed by atoms with Crippen LogP contribution in [-0.2, 0) is 17.9 Å². The fourth-order valence-corrected chi connectivity index (χ4v) is 5.66. The Balaban J connectivity index is 1.78. The van der Waals surface area contributed by atoms with E-state index in [-0.39, 0.29) is 18.1 Å². The zero-order chi connectivity index (χ0) is 22.5. The van der Waals surface area contributed by atoms with Crippen molar-refractivity contribution >= 4 is 27.5 Å². The highest BCUT2D eigenvalue weighted by atomic mass is 79.9. The van der Waals surface area contributed by atoms with Crippen LogP contribution < -0.4 is 5.32 Å². The Labute approximate surface area is 195 Å². The van der Waals surface area contributed by atoms with Crippen LogP contribution in [0.15, 0.2) is 16.6 Å². The van der Waals surface area contributed by atoms with Gasteiger partial charge < -0.3 is 15.5 Å². The van der Waals surface area contributed by atoms with Crippen LogP contribution in [0.4, 0.5) is 5.69 Å². The fraction of sp³-hybridized carbons (Fsp3) is 0.708. The molecule has 1 amide bonds. The van der Waals surface area contributed by atoms with E-state index in [0.717, 1.165) is 85.7 Å². The molecule has 0 bridgehead atoms. The van der Waals surface area contributed by atoms with Crippen LogP contribution in [0.5, 0.6) is 0 Å². The lowest BCUT2D eigenvalue weighted by atomic mass is 9.91. The standard InChI is InChI=1S/C24H38BrN3O3/c1-16(29)26-24-17(14-27(2)20-4-8-22(30)9-5-20)12-19(25)13-18(24)15-28(3)21-6-10-23(31)11-7-21/h12-13,20-23,30-31H,4-11,14-15H2,1-3H3,(H,26,29). The summed E-state index contributed by atoms with van der Waals surface area (Å²) >= 11 is 3.69. The lowest BCUT2D eigenvalue weighted by Gasteiger charge is -2.35. The molecule has 31 heavy (non-hydrogen) atoms. The van der Waals surface area contributed by atoms with E-state index >= 15 is 0 Å². The number of carbonyl (C=O) groups is 1. The second-order valence-corrected chi connectivity index (χ2v) is 10.5. The number of halogens is 1. The molecule has 3 rings (SSSR count). The Morgan fingerprint density at radius 2 is 1.29 bits per heavy atom. The minimum absolute atomic E-state index is 0.0586. The second-order valence-electron chi connectivity index (χ2n) is 9.54. The number of carbonyl (C=O) groups excluding carboxylic acids is 1. The Kier molecular flexibility index (Phi) is 8.93. The molecule has 0 atom stereocenters. The van der Waals surface area contributed by atoms with Crippen molar-refractivity contribution in [2.24, 2.45) is 0 Å². The van der Waals surface area contributed by atoms with Gasteiger partial charge in [0.05, 0.1) is 12.2 Å². The average Bonchev–Trinajstić information content (AvgIpc) is 2.71. The summed E-state index contributed by atoms with van der Waals surface area (Å²) in [5.74, 6) is -0.0586. The lowest BCUT2D eigenvalue weighted by Crippen LogP contribution is -2.37. The molecule has 0 aromatic heterocycles. The molecular formula is C24H38BrN3O3. The van der Waals surface area contributed by atoms with E-state index in [0.29, 0.717) is 12.1 Å². The van der Waals surface area contributed by atoms with Gasteiger partial charge in [-0.2, -0.15) is 0 Å². The number of aliphatic hydroxyl groups excluding tert-OH is 2. The van der Waals surface area contributed by atoms with Gasteiger partial charge in [0.15, 0.2) is 0 Å². The van der Waals surface area contributed by atoms with E-state index in [4.69, 9.17) is 0 Å². The fourth-order valence-electron chi connectivity index (χ4n) is 5.10. The molecule has 3 N–H and O–H groups in total. The quantitative estimate of drug-likeness (QED) is 0.534. The van der Waals surface area contributed by atoms with Crippen LogP contribution >= 0.6 is 15.9 Å². The zero-order valence-corrected chi connectivity index (χ0v) is 20.7. The highest BCUT2D eigenvalue weighted by Crippen LogP contribution is 2.32. The van der Waals surface area contributed by atoms with Crippen molar-refractivity contribution in [2.75, 3.05) is 19.4 Å². The number of nitrogens with zero attached hydrogens (tertiary/aromatic N) is 2. The van der Waals surface area contributed by atoms with Gasteiger partial charge in [-0.1, -0.05) is 15.9 Å². The summed E-state index contributed by atoms with van der Waals surface area (Å²) in [5, 5.41) is 22.8. The molecule has 0 spiro atoms. The highest BCUT2D eigenvalue weighted by molar-refractivity contribution is 9.10. The average molecular weight is 496 g/mol. The van der Waals surface area contributed by atoms with Crippen molar-refractivity contribution in [3.63, 3.8) is 0 Å². The minimum Gasteiger partial charge on any atom is -0.393 e. The first-order valence-electron chi connectivity index (χ1n) is 11.6. The molecule has 174 valence electrons. The topological polar surface area (TPSA) is 76.0 Å². The maximum absolute atomic E-state index is 12.0. The Morgan fingerprint density at radius 3 is 1.65 bits per heavy atom. The number of amides is 1. The van der Waals surface area contributed by atoms with Crippen molar-refractivity contribution in [2.45, 2.75) is 95.7 Å². The molecule has 1 aromatic rings. The van der Waals surface area contributed by atoms with Gasteiger partial charge in [-0.05, 0) is 88.7 Å². The molecule has 2 fully saturated rings. The van der Waals surface area contributed by atoms with E-state index in [1.165, 1.54) is 0 Å². The molecular weight excluding hydrogens is 458 g/mol. The molecule has 0 saturated heterocycles. The summed E-state index contributed by atoms with van der Waals surface area (Å²) in [6.07, 6.45) is 7.14. The van der Waals surface area contributed by atoms with Crippen molar-refractivity contribution in [3.8, 4) is 0 Å². The summed E-state index contributed by atoms with van der Waals surface area (Å²) in [4.78, 5) is 16.8. The van der Waals surface area contributed by atoms with Crippen LogP contribution in [0, 0.1) is 0 Å². The number of aliphatic hydroxyl groups is 2. The summed E-state index contributed by atoms with van der Waals surface area (Å²) < 4.78 is 1.02. The highest BCUT2D eigenvalue weighted by Gasteiger charge is 2.26. The summed E-state index contributed by atoms with van der Waals surface area (Å²) in [7, 11) is 4.28. The van der Waals surface area contributed by atoms with E-state index < -0.39 is 0 Å². The molecule has 7 heteroatoms. The van der Waals surface area contributed by atoms with Gasteiger partial charge in [-0.3, -0.25) is 14.6 Å². The first-order chi connectivity index (χ1) is 14.7. The number of nitrogens with one attached hydrogen (secondary N) is 1. The molecule has 2 aliphatic rings. The molecule has 6 nitrogen and oxygen atoms in total. The third kappa shape index (κ3) is 6.99. The van der Waals surface area contributed by atoms with Crippen LogP contribution in [0.25, 0.3) is 0 Å². The Hall–Kier alpha value is -0.990. The normalized spacial score (nSPS) is 27.0. The molecule has 2 saturated carbocycles. The SMILES string of the molecule is CC(=O)Nc1c(CN(C)C2CCC(O)CC2)cc(Br)cc1CN(C)C1CCC(O)CC1. The van der Waals surface area contributed by atoms with Gasteiger partial charge in [-0.25, -0.2) is 0 Å². The van der Waals surface area contributed by atoms with E-state index in [9.17, 15) is 15.0 Å². The number of rotatable bonds is 7. The van der Waals surface area contributed by atoms with Crippen LogP contribution in [0.2, 0.25) is 0 Å². The summed E-state index contributed by atoms with van der Waals surface area (Å²) in [6, 6.07) is 5.12. The zero-order valence-electron chi connectivity index (χ0n) is 19.1. The Morgan fingerprint density at radius 1 is 0.903 bits per heavy atom. The van der Waals surface area contributed by atoms with Crippen molar-refractivity contribution < 1.29 is 15.0 Å². The van der Waals surface area contributed by atoms with Gasteiger partial charge in [0.1, 0.15) is 0 Å².